The summed E-state index contributed by atoms with van der Waals surface area (Å²) >= 11 is 0. The SMILES string of the molecule is CCN(CC)c1ccc(C(=O)Nc2ccc(N(C)C)cc2)cc1. The van der Waals surface area contributed by atoms with Gasteiger partial charge in [0.15, 0.2) is 0 Å². The second-order valence-electron chi connectivity index (χ2n) is 5.61. The van der Waals surface area contributed by atoms with Crippen LogP contribution in [0.1, 0.15) is 24.2 Å². The van der Waals surface area contributed by atoms with Gasteiger partial charge in [-0.2, -0.15) is 0 Å². The number of carbonyl (C=O) groups is 1. The number of carbonyl (C=O) groups excluding carboxylic acids is 1. The number of benzene rings is 2. The standard InChI is InChI=1S/C19H25N3O/c1-5-22(6-2)18-11-7-15(8-12-18)19(23)20-16-9-13-17(14-10-16)21(3)4/h7-14H,5-6H2,1-4H3,(H,20,23). The molecular weight excluding hydrogens is 286 g/mol. The predicted octanol–water partition coefficient (Wildman–Crippen LogP) is 3.85. The Kier molecular flexibility index (Phi) is 5.63. The largest absolute Gasteiger partial charge is 0.378 e. The molecule has 0 aliphatic heterocycles. The van der Waals surface area contributed by atoms with Crippen LogP contribution in [0.15, 0.2) is 48.5 Å². The van der Waals surface area contributed by atoms with Gasteiger partial charge in [0.05, 0.1) is 0 Å². The molecule has 0 aliphatic rings. The Bertz CT molecular complexity index is 629. The fourth-order valence-electron chi connectivity index (χ4n) is 2.46. The van der Waals surface area contributed by atoms with E-state index < -0.39 is 0 Å². The first-order valence-corrected chi connectivity index (χ1v) is 7.99. The molecule has 0 radical (unpaired) electrons. The molecule has 23 heavy (non-hydrogen) atoms. The number of anilines is 3. The third-order valence-electron chi connectivity index (χ3n) is 3.90. The van der Waals surface area contributed by atoms with Crippen molar-refractivity contribution in [3.05, 3.63) is 54.1 Å². The molecule has 0 heterocycles. The fraction of sp³-hybridized carbons (Fsp3) is 0.316. The van der Waals surface area contributed by atoms with Gasteiger partial charge in [-0.15, -0.1) is 0 Å². The van der Waals surface area contributed by atoms with Gasteiger partial charge in [0.2, 0.25) is 0 Å². The maximum Gasteiger partial charge on any atom is 0.255 e. The smallest absolute Gasteiger partial charge is 0.255 e. The van der Waals surface area contributed by atoms with E-state index in [9.17, 15) is 4.79 Å². The quantitative estimate of drug-likeness (QED) is 0.880. The molecule has 0 unspecified atom stereocenters. The Morgan fingerprint density at radius 3 is 1.87 bits per heavy atom. The number of hydrogen-bond donors (Lipinski definition) is 1. The third-order valence-corrected chi connectivity index (χ3v) is 3.90. The van der Waals surface area contributed by atoms with Crippen LogP contribution in [0.4, 0.5) is 17.1 Å². The molecule has 122 valence electrons. The van der Waals surface area contributed by atoms with E-state index in [-0.39, 0.29) is 5.91 Å². The number of hydrogen-bond acceptors (Lipinski definition) is 3. The first kappa shape index (κ1) is 16.9. The number of nitrogens with zero attached hydrogens (tertiary/aromatic N) is 2. The van der Waals surface area contributed by atoms with Crippen LogP contribution in [-0.4, -0.2) is 33.1 Å². The topological polar surface area (TPSA) is 35.6 Å². The first-order chi connectivity index (χ1) is 11.0. The van der Waals surface area contributed by atoms with E-state index in [0.717, 1.165) is 30.2 Å². The van der Waals surface area contributed by atoms with E-state index in [2.05, 4.69) is 24.1 Å². The van der Waals surface area contributed by atoms with Gasteiger partial charge in [0.25, 0.3) is 5.91 Å². The zero-order valence-electron chi connectivity index (χ0n) is 14.3. The van der Waals surface area contributed by atoms with E-state index in [4.69, 9.17) is 0 Å². The summed E-state index contributed by atoms with van der Waals surface area (Å²) in [6.45, 7) is 6.17. The Hall–Kier alpha value is -2.49. The molecule has 0 bridgehead atoms. The summed E-state index contributed by atoms with van der Waals surface area (Å²) in [5.41, 5.74) is 3.71. The molecule has 0 spiro atoms. The van der Waals surface area contributed by atoms with Crippen LogP contribution in [0.25, 0.3) is 0 Å². The van der Waals surface area contributed by atoms with Crippen molar-refractivity contribution < 1.29 is 4.79 Å². The van der Waals surface area contributed by atoms with Crippen molar-refractivity contribution in [3.8, 4) is 0 Å². The Morgan fingerprint density at radius 1 is 0.870 bits per heavy atom. The highest BCUT2D eigenvalue weighted by atomic mass is 16.1. The monoisotopic (exact) mass is 311 g/mol. The lowest BCUT2D eigenvalue weighted by Gasteiger charge is -2.21. The molecule has 2 rings (SSSR count). The van der Waals surface area contributed by atoms with Gasteiger partial charge in [-0.1, -0.05) is 0 Å². The van der Waals surface area contributed by atoms with E-state index >= 15 is 0 Å². The van der Waals surface area contributed by atoms with Crippen molar-refractivity contribution in [2.75, 3.05) is 42.3 Å². The Balaban J connectivity index is 2.05. The Morgan fingerprint density at radius 2 is 1.39 bits per heavy atom. The molecule has 2 aromatic rings. The van der Waals surface area contributed by atoms with Crippen molar-refractivity contribution in [1.29, 1.82) is 0 Å². The molecule has 0 fully saturated rings. The molecule has 1 amide bonds. The summed E-state index contributed by atoms with van der Waals surface area (Å²) in [7, 11) is 3.98. The second-order valence-corrected chi connectivity index (χ2v) is 5.61. The van der Waals surface area contributed by atoms with Crippen molar-refractivity contribution in [2.45, 2.75) is 13.8 Å². The second kappa shape index (κ2) is 7.68. The number of nitrogens with one attached hydrogen (secondary N) is 1. The minimum Gasteiger partial charge on any atom is -0.378 e. The first-order valence-electron chi connectivity index (χ1n) is 7.99. The van der Waals surface area contributed by atoms with Gasteiger partial charge in [-0.3, -0.25) is 4.79 Å². The van der Waals surface area contributed by atoms with Crippen LogP contribution in [0, 0.1) is 0 Å². The average molecular weight is 311 g/mol. The lowest BCUT2D eigenvalue weighted by molar-refractivity contribution is 0.102. The predicted molar refractivity (Wildman–Crippen MR) is 98.7 cm³/mol. The van der Waals surface area contributed by atoms with Crippen molar-refractivity contribution in [3.63, 3.8) is 0 Å². The van der Waals surface area contributed by atoms with Crippen LogP contribution in [0.3, 0.4) is 0 Å². The average Bonchev–Trinajstić information content (AvgIpc) is 2.57. The summed E-state index contributed by atoms with van der Waals surface area (Å²) in [5, 5.41) is 2.93. The summed E-state index contributed by atoms with van der Waals surface area (Å²) in [4.78, 5) is 16.6. The van der Waals surface area contributed by atoms with Gasteiger partial charge >= 0.3 is 0 Å². The van der Waals surface area contributed by atoms with Crippen molar-refractivity contribution in [1.82, 2.24) is 0 Å². The van der Waals surface area contributed by atoms with E-state index in [1.54, 1.807) is 0 Å². The maximum absolute atomic E-state index is 12.3. The highest BCUT2D eigenvalue weighted by molar-refractivity contribution is 6.04. The zero-order valence-corrected chi connectivity index (χ0v) is 14.3. The van der Waals surface area contributed by atoms with Gasteiger partial charge in [-0.25, -0.2) is 0 Å². The van der Waals surface area contributed by atoms with Gasteiger partial charge in [-0.05, 0) is 62.4 Å². The summed E-state index contributed by atoms with van der Waals surface area (Å²) in [5.74, 6) is -0.0892. The molecule has 1 N–H and O–H groups in total. The lowest BCUT2D eigenvalue weighted by Crippen LogP contribution is -2.21. The van der Waals surface area contributed by atoms with Crippen LogP contribution in [0.5, 0.6) is 0 Å². The molecule has 4 heteroatoms. The highest BCUT2D eigenvalue weighted by Crippen LogP contribution is 2.18. The molecule has 0 aromatic heterocycles. The molecule has 0 aliphatic carbocycles. The highest BCUT2D eigenvalue weighted by Gasteiger charge is 2.08. The molecule has 0 saturated carbocycles. The minimum absolute atomic E-state index is 0.0892. The van der Waals surface area contributed by atoms with Gasteiger partial charge in [0.1, 0.15) is 0 Å². The summed E-state index contributed by atoms with van der Waals surface area (Å²) < 4.78 is 0. The van der Waals surface area contributed by atoms with Gasteiger partial charge < -0.3 is 15.1 Å². The van der Waals surface area contributed by atoms with Crippen LogP contribution >= 0.6 is 0 Å². The summed E-state index contributed by atoms with van der Waals surface area (Å²) in [6, 6.07) is 15.5. The fourth-order valence-corrected chi connectivity index (χ4v) is 2.46. The molecule has 0 saturated heterocycles. The summed E-state index contributed by atoms with van der Waals surface area (Å²) in [6.07, 6.45) is 0. The van der Waals surface area contributed by atoms with E-state index in [1.807, 2.05) is 67.5 Å². The number of amides is 1. The van der Waals surface area contributed by atoms with E-state index in [0.29, 0.717) is 5.56 Å². The lowest BCUT2D eigenvalue weighted by atomic mass is 10.1. The van der Waals surface area contributed by atoms with Crippen LogP contribution < -0.4 is 15.1 Å². The van der Waals surface area contributed by atoms with Crippen LogP contribution in [0.2, 0.25) is 0 Å². The minimum atomic E-state index is -0.0892. The van der Waals surface area contributed by atoms with Crippen molar-refractivity contribution in [2.24, 2.45) is 0 Å². The van der Waals surface area contributed by atoms with E-state index in [1.165, 1.54) is 0 Å². The molecule has 4 nitrogen and oxygen atoms in total. The molecule has 2 aromatic carbocycles. The maximum atomic E-state index is 12.3. The number of rotatable bonds is 6. The van der Waals surface area contributed by atoms with Crippen molar-refractivity contribution >= 4 is 23.0 Å². The van der Waals surface area contributed by atoms with Crippen LogP contribution in [-0.2, 0) is 0 Å². The third kappa shape index (κ3) is 4.25. The zero-order chi connectivity index (χ0) is 16.8. The Labute approximate surface area is 138 Å². The normalized spacial score (nSPS) is 10.3. The molecular formula is C19H25N3O. The molecule has 0 atom stereocenters. The van der Waals surface area contributed by atoms with Gasteiger partial charge in [0, 0.05) is 49.8 Å².